The first-order chi connectivity index (χ1) is 9.36. The van der Waals surface area contributed by atoms with E-state index in [1.165, 1.54) is 19.3 Å². The molecule has 0 aliphatic carbocycles. The highest BCUT2D eigenvalue weighted by atomic mass is 32.2. The molecule has 100 valence electrons. The van der Waals surface area contributed by atoms with Crippen molar-refractivity contribution in [2.75, 3.05) is 0 Å². The molecule has 1 aliphatic heterocycles. The van der Waals surface area contributed by atoms with Gasteiger partial charge in [0.15, 0.2) is 5.16 Å². The molecule has 0 aromatic carbocycles. The van der Waals surface area contributed by atoms with Crippen LogP contribution in [0.5, 0.6) is 0 Å². The molecule has 2 N–H and O–H groups in total. The highest BCUT2D eigenvalue weighted by Crippen LogP contribution is 2.27. The average Bonchev–Trinajstić information content (AvgIpc) is 2.68. The zero-order valence-corrected chi connectivity index (χ0v) is 11.6. The molecule has 3 rings (SSSR count). The number of hydrogen-bond donors (Lipinski definition) is 1. The number of nitrogens with zero attached hydrogens (tertiary/aromatic N) is 4. The third-order valence-electron chi connectivity index (χ3n) is 3.26. The molecule has 5 nitrogen and oxygen atoms in total. The minimum absolute atomic E-state index is 0.465. The molecule has 0 atom stereocenters. The predicted molar refractivity (Wildman–Crippen MR) is 73.8 cm³/mol. The lowest BCUT2D eigenvalue weighted by atomic mass is 10.2. The zero-order chi connectivity index (χ0) is 13.1. The van der Waals surface area contributed by atoms with Gasteiger partial charge in [-0.1, -0.05) is 12.5 Å². The number of aryl methyl sites for hydroxylation is 1. The summed E-state index contributed by atoms with van der Waals surface area (Å²) in [5.41, 5.74) is 6.52. The minimum atomic E-state index is 0.465. The van der Waals surface area contributed by atoms with Gasteiger partial charge in [-0.05, 0) is 36.7 Å². The van der Waals surface area contributed by atoms with Crippen LogP contribution in [-0.2, 0) is 19.5 Å². The molecule has 1 aliphatic rings. The summed E-state index contributed by atoms with van der Waals surface area (Å²) in [6.45, 7) is 1.48. The fourth-order valence-corrected chi connectivity index (χ4v) is 3.14. The maximum Gasteiger partial charge on any atom is 0.197 e. The van der Waals surface area contributed by atoms with Gasteiger partial charge >= 0.3 is 0 Å². The second-order valence-corrected chi connectivity index (χ2v) is 5.62. The SMILES string of the molecule is NCc1cccc(Sc2nnc3n2CCCCC3)n1. The molecular weight excluding hydrogens is 258 g/mol. The van der Waals surface area contributed by atoms with Crippen LogP contribution in [0.4, 0.5) is 0 Å². The van der Waals surface area contributed by atoms with Gasteiger partial charge in [0.1, 0.15) is 10.9 Å². The molecule has 3 heterocycles. The summed E-state index contributed by atoms with van der Waals surface area (Å²) in [6.07, 6.45) is 4.72. The van der Waals surface area contributed by atoms with Crippen molar-refractivity contribution in [2.45, 2.75) is 49.0 Å². The van der Waals surface area contributed by atoms with E-state index in [2.05, 4.69) is 19.7 Å². The van der Waals surface area contributed by atoms with Crippen LogP contribution in [0.15, 0.2) is 28.4 Å². The molecule has 0 saturated carbocycles. The van der Waals surface area contributed by atoms with Gasteiger partial charge in [-0.15, -0.1) is 10.2 Å². The van der Waals surface area contributed by atoms with Crippen molar-refractivity contribution >= 4 is 11.8 Å². The molecule has 0 bridgehead atoms. The van der Waals surface area contributed by atoms with E-state index in [1.807, 2.05) is 18.2 Å². The standard InChI is InChI=1S/C13H17N5S/c14-9-10-5-4-7-12(15-10)19-13-17-16-11-6-2-1-3-8-18(11)13/h4-5,7H,1-3,6,8-9,14H2. The molecule has 0 fully saturated rings. The van der Waals surface area contributed by atoms with Crippen molar-refractivity contribution in [3.63, 3.8) is 0 Å². The Morgan fingerprint density at radius 3 is 3.05 bits per heavy atom. The van der Waals surface area contributed by atoms with Gasteiger partial charge in [-0.25, -0.2) is 4.98 Å². The van der Waals surface area contributed by atoms with Crippen LogP contribution >= 0.6 is 11.8 Å². The van der Waals surface area contributed by atoms with Gasteiger partial charge in [-0.3, -0.25) is 0 Å². The maximum atomic E-state index is 5.62. The fourth-order valence-electron chi connectivity index (χ4n) is 2.26. The van der Waals surface area contributed by atoms with E-state index in [0.717, 1.165) is 34.7 Å². The molecule has 2 aromatic heterocycles. The van der Waals surface area contributed by atoms with E-state index in [1.54, 1.807) is 11.8 Å². The third kappa shape index (κ3) is 2.79. The van der Waals surface area contributed by atoms with Crippen LogP contribution in [0.3, 0.4) is 0 Å². The van der Waals surface area contributed by atoms with Gasteiger partial charge < -0.3 is 10.3 Å². The summed E-state index contributed by atoms with van der Waals surface area (Å²) in [5, 5.41) is 10.5. The first kappa shape index (κ1) is 12.6. The Labute approximate surface area is 116 Å². The molecule has 0 radical (unpaired) electrons. The number of fused-ring (bicyclic) bond motifs is 1. The Morgan fingerprint density at radius 1 is 1.21 bits per heavy atom. The van der Waals surface area contributed by atoms with E-state index in [0.29, 0.717) is 6.54 Å². The summed E-state index contributed by atoms with van der Waals surface area (Å²) in [7, 11) is 0. The van der Waals surface area contributed by atoms with Gasteiger partial charge in [0.25, 0.3) is 0 Å². The van der Waals surface area contributed by atoms with Crippen LogP contribution in [0.1, 0.15) is 30.8 Å². The number of rotatable bonds is 3. The van der Waals surface area contributed by atoms with Crippen molar-refractivity contribution in [1.82, 2.24) is 19.7 Å². The minimum Gasteiger partial charge on any atom is -0.325 e. The first-order valence-corrected chi connectivity index (χ1v) is 7.44. The van der Waals surface area contributed by atoms with Crippen molar-refractivity contribution < 1.29 is 0 Å². The lowest BCUT2D eigenvalue weighted by Gasteiger charge is -2.06. The molecule has 19 heavy (non-hydrogen) atoms. The smallest absolute Gasteiger partial charge is 0.197 e. The van der Waals surface area contributed by atoms with Crippen LogP contribution in [-0.4, -0.2) is 19.7 Å². The van der Waals surface area contributed by atoms with Crippen molar-refractivity contribution in [1.29, 1.82) is 0 Å². The Morgan fingerprint density at radius 2 is 2.16 bits per heavy atom. The Hall–Kier alpha value is -1.40. The molecule has 0 unspecified atom stereocenters. The average molecular weight is 275 g/mol. The molecule has 6 heteroatoms. The number of nitrogens with two attached hydrogens (primary N) is 1. The summed E-state index contributed by atoms with van der Waals surface area (Å²) < 4.78 is 2.23. The van der Waals surface area contributed by atoms with Crippen LogP contribution < -0.4 is 5.73 Å². The largest absolute Gasteiger partial charge is 0.325 e. The van der Waals surface area contributed by atoms with Crippen molar-refractivity contribution in [3.05, 3.63) is 29.7 Å². The molecule has 0 saturated heterocycles. The van der Waals surface area contributed by atoms with Crippen molar-refractivity contribution in [2.24, 2.45) is 5.73 Å². The van der Waals surface area contributed by atoms with Gasteiger partial charge in [-0.2, -0.15) is 0 Å². The summed E-state index contributed by atoms with van der Waals surface area (Å²) in [4.78, 5) is 4.50. The van der Waals surface area contributed by atoms with Crippen LogP contribution in [0.25, 0.3) is 0 Å². The summed E-state index contributed by atoms with van der Waals surface area (Å²) in [6, 6.07) is 5.91. The van der Waals surface area contributed by atoms with Gasteiger partial charge in [0.2, 0.25) is 0 Å². The zero-order valence-electron chi connectivity index (χ0n) is 10.7. The normalized spacial score (nSPS) is 15.0. The highest BCUT2D eigenvalue weighted by molar-refractivity contribution is 7.99. The monoisotopic (exact) mass is 275 g/mol. The van der Waals surface area contributed by atoms with E-state index in [9.17, 15) is 0 Å². The maximum absolute atomic E-state index is 5.62. The second-order valence-electron chi connectivity index (χ2n) is 4.63. The molecule has 2 aromatic rings. The molecule has 0 amide bonds. The van der Waals surface area contributed by atoms with E-state index >= 15 is 0 Å². The molecular formula is C13H17N5S. The predicted octanol–water partition coefficient (Wildman–Crippen LogP) is 2.01. The summed E-state index contributed by atoms with van der Waals surface area (Å²) >= 11 is 1.57. The highest BCUT2D eigenvalue weighted by Gasteiger charge is 2.15. The first-order valence-electron chi connectivity index (χ1n) is 6.63. The van der Waals surface area contributed by atoms with Crippen LogP contribution in [0, 0.1) is 0 Å². The lowest BCUT2D eigenvalue weighted by Crippen LogP contribution is -2.03. The van der Waals surface area contributed by atoms with Gasteiger partial charge in [0, 0.05) is 19.5 Å². The Kier molecular flexibility index (Phi) is 3.79. The van der Waals surface area contributed by atoms with Crippen molar-refractivity contribution in [3.8, 4) is 0 Å². The number of hydrogen-bond acceptors (Lipinski definition) is 5. The molecule has 0 spiro atoms. The van der Waals surface area contributed by atoms with E-state index in [-0.39, 0.29) is 0 Å². The van der Waals surface area contributed by atoms with Gasteiger partial charge in [0.05, 0.1) is 5.69 Å². The number of pyridine rings is 1. The summed E-state index contributed by atoms with van der Waals surface area (Å²) in [5.74, 6) is 1.11. The second kappa shape index (κ2) is 5.71. The van der Waals surface area contributed by atoms with E-state index in [4.69, 9.17) is 5.73 Å². The van der Waals surface area contributed by atoms with E-state index < -0.39 is 0 Å². The Balaban J connectivity index is 1.84. The van der Waals surface area contributed by atoms with Crippen LogP contribution in [0.2, 0.25) is 0 Å². The fraction of sp³-hybridized carbons (Fsp3) is 0.462. The quantitative estimate of drug-likeness (QED) is 0.928. The lowest BCUT2D eigenvalue weighted by molar-refractivity contribution is 0.590. The third-order valence-corrected chi connectivity index (χ3v) is 4.18. The topological polar surface area (TPSA) is 69.6 Å². The number of aromatic nitrogens is 4. The Bertz CT molecular complexity index is 566.